The molecule has 5 N–H and O–H groups in total. The van der Waals surface area contributed by atoms with Crippen LogP contribution in [-0.2, 0) is 38.1 Å². The summed E-state index contributed by atoms with van der Waals surface area (Å²) in [6.45, 7) is 10.7. The Bertz CT molecular complexity index is 2080. The number of phenolic OH excluding ortho intramolecular Hbond substituents is 1. The maximum atomic E-state index is 16.6. The van der Waals surface area contributed by atoms with Gasteiger partial charge in [0.25, 0.3) is 0 Å². The number of alkyl carbamates (subject to hydrolysis) is 1. The number of aliphatic hydroxyl groups is 3. The van der Waals surface area contributed by atoms with Gasteiger partial charge in [0.05, 0.1) is 29.6 Å². The topological polar surface area (TPSA) is 224 Å². The monoisotopic (exact) mass is 843 g/mol. The van der Waals surface area contributed by atoms with Crippen molar-refractivity contribution >= 4 is 29.8 Å². The van der Waals surface area contributed by atoms with Crippen molar-refractivity contribution in [3.05, 3.63) is 76.9 Å². The Balaban J connectivity index is 1.51. The number of amides is 1. The average Bonchev–Trinajstić information content (AvgIpc) is 3.15. The summed E-state index contributed by atoms with van der Waals surface area (Å²) in [4.78, 5) is 68.6. The van der Waals surface area contributed by atoms with Gasteiger partial charge in [-0.05, 0) is 75.6 Å². The quantitative estimate of drug-likeness (QED) is 0.143. The zero-order valence-corrected chi connectivity index (χ0v) is 34.5. The number of aromatic hydroxyl groups is 1. The molecule has 1 aliphatic heterocycles. The van der Waals surface area contributed by atoms with E-state index in [9.17, 15) is 44.4 Å². The number of ketones is 1. The molecule has 17 heteroatoms. The fourth-order valence-electron chi connectivity index (χ4n) is 9.58. The van der Waals surface area contributed by atoms with Crippen molar-refractivity contribution in [3.8, 4) is 5.75 Å². The summed E-state index contributed by atoms with van der Waals surface area (Å²) in [5, 5.41) is 49.2. The van der Waals surface area contributed by atoms with E-state index < -0.39 is 112 Å². The van der Waals surface area contributed by atoms with Gasteiger partial charge >= 0.3 is 29.9 Å². The second-order valence-electron chi connectivity index (χ2n) is 17.9. The van der Waals surface area contributed by atoms with Gasteiger partial charge in [0.2, 0.25) is 0 Å². The van der Waals surface area contributed by atoms with Crippen LogP contribution < -0.4 is 5.32 Å². The molecule has 10 atom stereocenters. The van der Waals surface area contributed by atoms with Crippen molar-refractivity contribution < 1.29 is 76.9 Å². The van der Waals surface area contributed by atoms with E-state index >= 15 is 8.78 Å². The van der Waals surface area contributed by atoms with Gasteiger partial charge in [0.15, 0.2) is 11.4 Å². The summed E-state index contributed by atoms with van der Waals surface area (Å²) >= 11 is 0. The number of carbonyl (C=O) groups excluding carboxylic acids is 5. The number of nitrogens with one attached hydrogen (secondary N) is 1. The van der Waals surface area contributed by atoms with Gasteiger partial charge in [0, 0.05) is 25.2 Å². The SMILES string of the molecule is CC(=O)O[C@@]12CO[C@@H]1C[C@H](O)[C@@]1(C)C(=O)[C@H](O)C3=C(C)[C@@H](OC(=O)C(F)(F)[C@@H](NC(=O)OC(C)(C)C)c4ccc(O)cc4)C[C@@](O)([C@@H](OC(=O)c4ccccc4)[C@H]21)C3(C)C. The highest BCUT2D eigenvalue weighted by Crippen LogP contribution is 2.64. The Kier molecular flexibility index (Phi) is 11.3. The number of ether oxygens (including phenoxy) is 5. The van der Waals surface area contributed by atoms with Gasteiger partial charge in [-0.15, -0.1) is 0 Å². The molecule has 2 bridgehead atoms. The average molecular weight is 844 g/mol. The van der Waals surface area contributed by atoms with E-state index in [2.05, 4.69) is 0 Å². The van der Waals surface area contributed by atoms with E-state index in [0.29, 0.717) is 0 Å². The number of hydrogen-bond acceptors (Lipinski definition) is 14. The maximum absolute atomic E-state index is 16.6. The molecular weight excluding hydrogens is 792 g/mol. The molecule has 60 heavy (non-hydrogen) atoms. The summed E-state index contributed by atoms with van der Waals surface area (Å²) in [7, 11) is 0. The Morgan fingerprint density at radius 1 is 0.967 bits per heavy atom. The van der Waals surface area contributed by atoms with E-state index in [0.717, 1.165) is 31.2 Å². The number of alkyl halides is 2. The number of benzene rings is 2. The highest BCUT2D eigenvalue weighted by Gasteiger charge is 2.78. The number of hydrogen-bond donors (Lipinski definition) is 5. The van der Waals surface area contributed by atoms with Crippen molar-refractivity contribution in [2.24, 2.45) is 16.7 Å². The van der Waals surface area contributed by atoms with Crippen LogP contribution in [0.4, 0.5) is 13.6 Å². The first kappa shape index (κ1) is 44.6. The molecule has 15 nitrogen and oxygen atoms in total. The molecule has 0 radical (unpaired) electrons. The molecule has 0 spiro atoms. The second kappa shape index (κ2) is 15.2. The minimum absolute atomic E-state index is 0.00327. The molecular formula is C43H51F2NO14. The van der Waals surface area contributed by atoms with Crippen LogP contribution in [0.25, 0.3) is 0 Å². The standard InChI is InChI=1S/C43H51F2NO14/c1-21-26(57-36(53)43(44,45)32(23-14-16-25(48)17-15-23)46-37(54)60-38(3,4)5)19-42(55)34(58-35(52)24-12-10-9-11-13-24)31-40(8,33(51)30(50)29(21)39(42,6)7)27(49)18-28-41(31,20-56-28)59-22(2)47/h9-17,26-28,30-32,34,48-50,55H,18-20H2,1-8H3,(H,46,54)/t26-,27-,28+,30+,31-,32-,34-,40+,41-,42+/m0/s1. The van der Waals surface area contributed by atoms with Crippen LogP contribution in [-0.4, -0.2) is 110 Å². The van der Waals surface area contributed by atoms with Crippen LogP contribution in [0.15, 0.2) is 65.7 Å². The number of rotatable bonds is 8. The van der Waals surface area contributed by atoms with Gasteiger partial charge in [-0.3, -0.25) is 9.59 Å². The Morgan fingerprint density at radius 3 is 2.13 bits per heavy atom. The van der Waals surface area contributed by atoms with E-state index in [-0.39, 0.29) is 41.1 Å². The zero-order chi connectivity index (χ0) is 44.5. The van der Waals surface area contributed by atoms with E-state index in [1.165, 1.54) is 60.6 Å². The number of halogens is 2. The third kappa shape index (κ3) is 7.22. The minimum atomic E-state index is -4.59. The third-order valence-electron chi connectivity index (χ3n) is 12.7. The van der Waals surface area contributed by atoms with Crippen LogP contribution in [0.3, 0.4) is 0 Å². The molecule has 1 amide bonds. The van der Waals surface area contributed by atoms with Crippen LogP contribution >= 0.6 is 0 Å². The predicted molar refractivity (Wildman–Crippen MR) is 204 cm³/mol. The second-order valence-corrected chi connectivity index (χ2v) is 17.9. The first-order chi connectivity index (χ1) is 27.7. The minimum Gasteiger partial charge on any atom is -0.508 e. The number of aliphatic hydroxyl groups excluding tert-OH is 2. The lowest BCUT2D eigenvalue weighted by atomic mass is 9.44. The van der Waals surface area contributed by atoms with Gasteiger partial charge < -0.3 is 49.4 Å². The molecule has 1 heterocycles. The number of esters is 3. The molecule has 3 aliphatic carbocycles. The van der Waals surface area contributed by atoms with Crippen molar-refractivity contribution in [1.82, 2.24) is 5.32 Å². The summed E-state index contributed by atoms with van der Waals surface area (Å²) in [5.74, 6) is -11.6. The van der Waals surface area contributed by atoms with Crippen molar-refractivity contribution in [3.63, 3.8) is 0 Å². The number of Topliss-reactive ketones (excluding diaryl/α,β-unsaturated/α-hetero) is 1. The molecule has 326 valence electrons. The third-order valence-corrected chi connectivity index (χ3v) is 12.7. The molecule has 2 saturated carbocycles. The molecule has 0 unspecified atom stereocenters. The number of carbonyl (C=O) groups is 5. The Labute approximate surface area is 345 Å². The Hall–Kier alpha value is -4.97. The molecule has 1 saturated heterocycles. The predicted octanol–water partition coefficient (Wildman–Crippen LogP) is 4.24. The van der Waals surface area contributed by atoms with Crippen LogP contribution in [0.5, 0.6) is 5.75 Å². The zero-order valence-electron chi connectivity index (χ0n) is 34.5. The first-order valence-corrected chi connectivity index (χ1v) is 19.5. The highest BCUT2D eigenvalue weighted by molar-refractivity contribution is 5.94. The van der Waals surface area contributed by atoms with Gasteiger partial charge in [0.1, 0.15) is 47.4 Å². The Morgan fingerprint density at radius 2 is 1.58 bits per heavy atom. The van der Waals surface area contributed by atoms with E-state index in [4.69, 9.17) is 23.7 Å². The van der Waals surface area contributed by atoms with Crippen molar-refractivity contribution in [1.29, 1.82) is 0 Å². The summed E-state index contributed by atoms with van der Waals surface area (Å²) in [6, 6.07) is 9.35. The lowest BCUT2D eigenvalue weighted by molar-refractivity contribution is -0.346. The maximum Gasteiger partial charge on any atom is 0.408 e. The summed E-state index contributed by atoms with van der Waals surface area (Å²) in [6.07, 6.45) is -11.0. The number of fused-ring (bicyclic) bond motifs is 5. The molecule has 3 fully saturated rings. The lowest BCUT2D eigenvalue weighted by Crippen LogP contribution is -2.81. The van der Waals surface area contributed by atoms with E-state index in [1.807, 2.05) is 5.32 Å². The van der Waals surface area contributed by atoms with Crippen LogP contribution in [0, 0.1) is 16.7 Å². The van der Waals surface area contributed by atoms with Gasteiger partial charge in [-0.1, -0.05) is 44.2 Å². The van der Waals surface area contributed by atoms with Gasteiger partial charge in [-0.25, -0.2) is 14.4 Å². The smallest absolute Gasteiger partial charge is 0.408 e. The summed E-state index contributed by atoms with van der Waals surface area (Å²) in [5.41, 5.74) is -10.1. The van der Waals surface area contributed by atoms with Crippen molar-refractivity contribution in [2.45, 2.75) is 128 Å². The fraction of sp³-hybridized carbons (Fsp3) is 0.558. The summed E-state index contributed by atoms with van der Waals surface area (Å²) < 4.78 is 62.0. The molecule has 0 aromatic heterocycles. The number of phenols is 1. The molecule has 2 aromatic rings. The molecule has 2 aromatic carbocycles. The normalized spacial score (nSPS) is 32.7. The van der Waals surface area contributed by atoms with Gasteiger partial charge in [-0.2, -0.15) is 8.78 Å². The van der Waals surface area contributed by atoms with Crippen LogP contribution in [0.2, 0.25) is 0 Å². The molecule has 4 aliphatic rings. The van der Waals surface area contributed by atoms with E-state index in [1.54, 1.807) is 18.2 Å². The van der Waals surface area contributed by atoms with Crippen molar-refractivity contribution in [2.75, 3.05) is 6.61 Å². The highest BCUT2D eigenvalue weighted by atomic mass is 19.3. The van der Waals surface area contributed by atoms with Crippen LogP contribution in [0.1, 0.15) is 90.2 Å². The lowest BCUT2D eigenvalue weighted by Gasteiger charge is -2.67. The first-order valence-electron chi connectivity index (χ1n) is 19.5. The molecule has 6 rings (SSSR count). The fourth-order valence-corrected chi connectivity index (χ4v) is 9.58. The largest absolute Gasteiger partial charge is 0.508 e.